The van der Waals surface area contributed by atoms with Gasteiger partial charge in [-0.1, -0.05) is 0 Å². The van der Waals surface area contributed by atoms with Gasteiger partial charge in [-0.05, 0) is 0 Å². The maximum Gasteiger partial charge on any atom is 0.331 e. The highest BCUT2D eigenvalue weighted by atomic mass is 16.6. The normalized spacial score (nSPS) is 9.50. The number of aromatic nitrogens is 1. The molecular formula is C7H8N4O3. The number of anilines is 1. The molecule has 0 atom stereocenters. The van der Waals surface area contributed by atoms with Gasteiger partial charge in [0.2, 0.25) is 0 Å². The van der Waals surface area contributed by atoms with Crippen LogP contribution < -0.4 is 10.5 Å². The Kier molecular flexibility index (Phi) is 2.61. The summed E-state index contributed by atoms with van der Waals surface area (Å²) >= 11 is 0. The largest absolute Gasteiger partial charge is 0.476 e. The Morgan fingerprint density at radius 2 is 2.43 bits per heavy atom. The van der Waals surface area contributed by atoms with Crippen LogP contribution in [0.1, 0.15) is 5.56 Å². The Hall–Kier alpha value is -2.18. The third kappa shape index (κ3) is 1.60. The quantitative estimate of drug-likeness (QED) is 0.416. The van der Waals surface area contributed by atoms with Crippen LogP contribution in [0.5, 0.6) is 5.88 Å². The Morgan fingerprint density at radius 1 is 1.79 bits per heavy atom. The first-order valence-corrected chi connectivity index (χ1v) is 3.59. The fourth-order valence-corrected chi connectivity index (χ4v) is 0.911. The molecule has 7 nitrogen and oxygen atoms in total. The molecule has 1 aromatic heterocycles. The maximum absolute atomic E-state index is 10.5. The summed E-state index contributed by atoms with van der Waals surface area (Å²) in [5.41, 5.74) is 5.30. The molecule has 0 aliphatic heterocycles. The van der Waals surface area contributed by atoms with Gasteiger partial charge in [-0.2, -0.15) is 4.98 Å². The van der Waals surface area contributed by atoms with Gasteiger partial charge in [0.25, 0.3) is 5.88 Å². The van der Waals surface area contributed by atoms with Crippen molar-refractivity contribution in [3.63, 3.8) is 0 Å². The monoisotopic (exact) mass is 196 g/mol. The van der Waals surface area contributed by atoms with Crippen molar-refractivity contribution in [1.82, 2.24) is 4.98 Å². The van der Waals surface area contributed by atoms with Gasteiger partial charge in [0.1, 0.15) is 5.82 Å². The number of hydrogen-bond donors (Lipinski definition) is 2. The van der Waals surface area contributed by atoms with Crippen LogP contribution in [-0.2, 0) is 0 Å². The lowest BCUT2D eigenvalue weighted by Crippen LogP contribution is -2.03. The number of rotatable bonds is 3. The molecule has 0 aliphatic carbocycles. The number of nitrogens with one attached hydrogen (secondary N) is 1. The molecule has 3 N–H and O–H groups in total. The average Bonchev–Trinajstić information content (AvgIpc) is 2.16. The van der Waals surface area contributed by atoms with E-state index in [-0.39, 0.29) is 22.9 Å². The summed E-state index contributed by atoms with van der Waals surface area (Å²) in [6.07, 6.45) is 0.898. The summed E-state index contributed by atoms with van der Waals surface area (Å²) in [4.78, 5) is 13.5. The molecule has 0 bridgehead atoms. The van der Waals surface area contributed by atoms with E-state index in [9.17, 15) is 10.1 Å². The van der Waals surface area contributed by atoms with E-state index in [0.717, 1.165) is 12.3 Å². The summed E-state index contributed by atoms with van der Waals surface area (Å²) in [5, 5.41) is 17.5. The number of nitrogens with zero attached hydrogens (tertiary/aromatic N) is 2. The maximum atomic E-state index is 10.5. The molecule has 1 rings (SSSR count). The lowest BCUT2D eigenvalue weighted by Gasteiger charge is -2.03. The molecule has 74 valence electrons. The summed E-state index contributed by atoms with van der Waals surface area (Å²) in [7, 11) is 1.26. The standard InChI is InChI=1S/C7H8N4O3/c1-14-7-5(11(12)13)2-4(3-8)6(9)10-7/h2-3,8H,1H3,(H2,9,10). The SMILES string of the molecule is COc1nc(N)c(C=N)cc1[N+](=O)[O-]. The van der Waals surface area contributed by atoms with E-state index in [2.05, 4.69) is 9.72 Å². The van der Waals surface area contributed by atoms with E-state index in [1.807, 2.05) is 0 Å². The van der Waals surface area contributed by atoms with Crippen molar-refractivity contribution < 1.29 is 9.66 Å². The van der Waals surface area contributed by atoms with Crippen molar-refractivity contribution in [3.05, 3.63) is 21.7 Å². The van der Waals surface area contributed by atoms with Crippen LogP contribution in [0.25, 0.3) is 0 Å². The summed E-state index contributed by atoms with van der Waals surface area (Å²) < 4.78 is 4.68. The molecule has 0 amide bonds. The van der Waals surface area contributed by atoms with Crippen molar-refractivity contribution in [2.24, 2.45) is 0 Å². The molecule has 0 aliphatic rings. The molecule has 0 aromatic carbocycles. The van der Waals surface area contributed by atoms with Crippen LogP contribution in [0.15, 0.2) is 6.07 Å². The molecule has 0 saturated heterocycles. The second kappa shape index (κ2) is 3.69. The fourth-order valence-electron chi connectivity index (χ4n) is 0.911. The highest BCUT2D eigenvalue weighted by Gasteiger charge is 2.18. The lowest BCUT2D eigenvalue weighted by atomic mass is 10.2. The van der Waals surface area contributed by atoms with E-state index in [1.165, 1.54) is 7.11 Å². The Bertz CT molecular complexity index is 391. The predicted molar refractivity (Wildman–Crippen MR) is 49.7 cm³/mol. The van der Waals surface area contributed by atoms with Crippen LogP contribution in [-0.4, -0.2) is 23.2 Å². The van der Waals surface area contributed by atoms with Crippen LogP contribution in [0, 0.1) is 15.5 Å². The van der Waals surface area contributed by atoms with E-state index >= 15 is 0 Å². The van der Waals surface area contributed by atoms with Crippen molar-refractivity contribution in [2.75, 3.05) is 12.8 Å². The fraction of sp³-hybridized carbons (Fsp3) is 0.143. The van der Waals surface area contributed by atoms with Gasteiger partial charge in [-0.15, -0.1) is 0 Å². The van der Waals surface area contributed by atoms with Gasteiger partial charge in [-0.25, -0.2) is 0 Å². The van der Waals surface area contributed by atoms with Crippen molar-refractivity contribution in [1.29, 1.82) is 5.41 Å². The summed E-state index contributed by atoms with van der Waals surface area (Å²) in [5.74, 6) is -0.124. The average molecular weight is 196 g/mol. The summed E-state index contributed by atoms with van der Waals surface area (Å²) in [6.45, 7) is 0. The van der Waals surface area contributed by atoms with Crippen LogP contribution in [0.3, 0.4) is 0 Å². The highest BCUT2D eigenvalue weighted by molar-refractivity contribution is 5.85. The van der Waals surface area contributed by atoms with Gasteiger partial charge in [0.05, 0.1) is 12.0 Å². The van der Waals surface area contributed by atoms with E-state index in [0.29, 0.717) is 0 Å². The number of nitro groups is 1. The number of nitrogens with two attached hydrogens (primary N) is 1. The molecule has 0 spiro atoms. The molecule has 1 heterocycles. The molecule has 0 unspecified atom stereocenters. The minimum absolute atomic E-state index is 0.0300. The smallest absolute Gasteiger partial charge is 0.331 e. The van der Waals surface area contributed by atoms with E-state index in [1.54, 1.807) is 0 Å². The first-order valence-electron chi connectivity index (χ1n) is 3.59. The van der Waals surface area contributed by atoms with Crippen LogP contribution in [0.2, 0.25) is 0 Å². The van der Waals surface area contributed by atoms with Gasteiger partial charge in [-0.3, -0.25) is 10.1 Å². The first kappa shape index (κ1) is 9.90. The van der Waals surface area contributed by atoms with Crippen molar-refractivity contribution >= 4 is 17.7 Å². The molecule has 14 heavy (non-hydrogen) atoms. The third-order valence-corrected chi connectivity index (χ3v) is 1.57. The van der Waals surface area contributed by atoms with Gasteiger partial charge < -0.3 is 15.9 Å². The highest BCUT2D eigenvalue weighted by Crippen LogP contribution is 2.27. The van der Waals surface area contributed by atoms with Gasteiger partial charge in [0, 0.05) is 17.8 Å². The molecule has 0 saturated carbocycles. The van der Waals surface area contributed by atoms with Crippen molar-refractivity contribution in [2.45, 2.75) is 0 Å². The minimum atomic E-state index is -0.641. The van der Waals surface area contributed by atoms with Crippen LogP contribution >= 0.6 is 0 Å². The Labute approximate surface area is 79.2 Å². The molecular weight excluding hydrogens is 188 g/mol. The molecule has 7 heteroatoms. The Morgan fingerprint density at radius 3 is 2.86 bits per heavy atom. The number of methoxy groups -OCH3 is 1. The molecule has 1 aromatic rings. The zero-order valence-corrected chi connectivity index (χ0v) is 7.35. The van der Waals surface area contributed by atoms with Gasteiger partial charge in [0.15, 0.2) is 0 Å². The number of ether oxygens (including phenoxy) is 1. The molecule has 0 fully saturated rings. The Balaban J connectivity index is 3.39. The van der Waals surface area contributed by atoms with E-state index in [4.69, 9.17) is 11.1 Å². The second-order valence-corrected chi connectivity index (χ2v) is 2.39. The second-order valence-electron chi connectivity index (χ2n) is 2.39. The van der Waals surface area contributed by atoms with Crippen molar-refractivity contribution in [3.8, 4) is 5.88 Å². The summed E-state index contributed by atoms with van der Waals surface area (Å²) in [6, 6.07) is 1.15. The van der Waals surface area contributed by atoms with Crippen LogP contribution in [0.4, 0.5) is 11.5 Å². The number of pyridine rings is 1. The predicted octanol–water partition coefficient (Wildman–Crippen LogP) is 0.578. The zero-order valence-electron chi connectivity index (χ0n) is 7.35. The molecule has 0 radical (unpaired) electrons. The first-order chi connectivity index (χ1) is 6.60. The topological polar surface area (TPSA) is 115 Å². The van der Waals surface area contributed by atoms with E-state index < -0.39 is 4.92 Å². The lowest BCUT2D eigenvalue weighted by molar-refractivity contribution is -0.386. The minimum Gasteiger partial charge on any atom is -0.476 e. The van der Waals surface area contributed by atoms with Gasteiger partial charge >= 0.3 is 5.69 Å². The third-order valence-electron chi connectivity index (χ3n) is 1.57. The number of hydrogen-bond acceptors (Lipinski definition) is 6. The number of nitrogen functional groups attached to an aromatic ring is 1. The zero-order chi connectivity index (χ0) is 10.7.